The molecule has 230 valence electrons. The van der Waals surface area contributed by atoms with Crippen molar-refractivity contribution in [3.63, 3.8) is 0 Å². The number of nitro groups is 1. The van der Waals surface area contributed by atoms with Gasteiger partial charge in [0.25, 0.3) is 11.6 Å². The Bertz CT molecular complexity index is 1510. The van der Waals surface area contributed by atoms with Crippen LogP contribution < -0.4 is 9.64 Å². The van der Waals surface area contributed by atoms with Gasteiger partial charge >= 0.3 is 5.97 Å². The number of ether oxygens (including phenoxy) is 4. The molecule has 0 radical (unpaired) electrons. The highest BCUT2D eigenvalue weighted by molar-refractivity contribution is 6.32. The van der Waals surface area contributed by atoms with Gasteiger partial charge in [-0.15, -0.1) is 0 Å². The van der Waals surface area contributed by atoms with Crippen molar-refractivity contribution in [3.05, 3.63) is 112 Å². The van der Waals surface area contributed by atoms with Crippen LogP contribution in [0.25, 0.3) is 11.6 Å². The summed E-state index contributed by atoms with van der Waals surface area (Å²) in [5, 5.41) is 10.9. The predicted octanol–water partition coefficient (Wildman–Crippen LogP) is 5.99. The highest BCUT2D eigenvalue weighted by Gasteiger charge is 2.31. The van der Waals surface area contributed by atoms with E-state index in [2.05, 4.69) is 0 Å². The van der Waals surface area contributed by atoms with Gasteiger partial charge in [-0.1, -0.05) is 42.5 Å². The lowest BCUT2D eigenvalue weighted by Crippen LogP contribution is -2.27. The number of fused-ring (bicyclic) bond motifs is 1. The first-order valence-electron chi connectivity index (χ1n) is 14.2. The molecule has 4 rings (SSSR count). The Labute approximate surface area is 256 Å². The van der Waals surface area contributed by atoms with Gasteiger partial charge in [-0.2, -0.15) is 0 Å². The summed E-state index contributed by atoms with van der Waals surface area (Å²) in [6.45, 7) is 7.02. The SMILES string of the molecule is CC(C)(C)OC(=O)COCCOCCOc1ccc(CN2C(=O)C(=C/C=C/c3ccc([N+](=O)[O-])cc3)c3ccccc32)cc1. The van der Waals surface area contributed by atoms with E-state index in [4.69, 9.17) is 18.9 Å². The molecule has 0 unspecified atom stereocenters. The standard InChI is InChI=1S/C34H36N2O8/c1-34(2,3)44-32(37)24-42-20-19-41-21-22-43-28-17-13-26(14-18-28)23-35-31-10-5-4-8-29(31)30(33(35)38)9-6-7-25-11-15-27(16-12-25)36(39)40/h4-18H,19-24H2,1-3H3/b7-6+,30-9?. The van der Waals surface area contributed by atoms with Crippen molar-refractivity contribution in [2.45, 2.75) is 32.9 Å². The molecule has 0 atom stereocenters. The van der Waals surface area contributed by atoms with E-state index in [0.29, 0.717) is 37.7 Å². The Morgan fingerprint density at radius 3 is 2.30 bits per heavy atom. The highest BCUT2D eigenvalue weighted by Crippen LogP contribution is 2.37. The van der Waals surface area contributed by atoms with E-state index in [0.717, 1.165) is 22.4 Å². The average molecular weight is 601 g/mol. The van der Waals surface area contributed by atoms with Crippen LogP contribution in [0.15, 0.2) is 84.9 Å². The highest BCUT2D eigenvalue weighted by atomic mass is 16.6. The van der Waals surface area contributed by atoms with E-state index in [9.17, 15) is 19.7 Å². The number of anilines is 1. The fraction of sp³-hybridized carbons (Fsp3) is 0.294. The average Bonchev–Trinajstić information content (AvgIpc) is 3.25. The Kier molecular flexibility index (Phi) is 11.0. The van der Waals surface area contributed by atoms with Crippen molar-refractivity contribution >= 4 is 34.9 Å². The second kappa shape index (κ2) is 15.1. The molecule has 0 saturated heterocycles. The number of hydrogen-bond donors (Lipinski definition) is 0. The van der Waals surface area contributed by atoms with Crippen molar-refractivity contribution in [2.75, 3.05) is 37.9 Å². The van der Waals surface area contributed by atoms with Crippen molar-refractivity contribution in [1.29, 1.82) is 0 Å². The van der Waals surface area contributed by atoms with Crippen LogP contribution >= 0.6 is 0 Å². The van der Waals surface area contributed by atoms with Gasteiger partial charge in [-0.05, 0) is 68.3 Å². The summed E-state index contributed by atoms with van der Waals surface area (Å²) < 4.78 is 21.7. The van der Waals surface area contributed by atoms with Gasteiger partial charge < -0.3 is 23.8 Å². The number of carbonyl (C=O) groups excluding carboxylic acids is 2. The minimum Gasteiger partial charge on any atom is -0.491 e. The predicted molar refractivity (Wildman–Crippen MR) is 167 cm³/mol. The number of para-hydroxylation sites is 1. The molecule has 10 heteroatoms. The molecule has 3 aromatic carbocycles. The van der Waals surface area contributed by atoms with E-state index < -0.39 is 16.5 Å². The lowest BCUT2D eigenvalue weighted by Gasteiger charge is -2.19. The molecule has 0 saturated carbocycles. The number of allylic oxidation sites excluding steroid dienone is 2. The molecular weight excluding hydrogens is 564 g/mol. The van der Waals surface area contributed by atoms with Gasteiger partial charge in [-0.3, -0.25) is 14.9 Å². The molecule has 0 aromatic heterocycles. The summed E-state index contributed by atoms with van der Waals surface area (Å²) in [6.07, 6.45) is 5.36. The third kappa shape index (κ3) is 9.35. The number of carbonyl (C=O) groups is 2. The largest absolute Gasteiger partial charge is 0.491 e. The van der Waals surface area contributed by atoms with Crippen LogP contribution in [0.3, 0.4) is 0 Å². The first-order valence-corrected chi connectivity index (χ1v) is 14.2. The van der Waals surface area contributed by atoms with Gasteiger partial charge in [0, 0.05) is 23.3 Å². The number of nitrogens with zero attached hydrogens (tertiary/aromatic N) is 2. The Morgan fingerprint density at radius 1 is 0.909 bits per heavy atom. The minimum atomic E-state index is -0.538. The molecule has 0 N–H and O–H groups in total. The fourth-order valence-electron chi connectivity index (χ4n) is 4.43. The monoisotopic (exact) mass is 600 g/mol. The van der Waals surface area contributed by atoms with Crippen LogP contribution in [0, 0.1) is 10.1 Å². The molecule has 1 heterocycles. The Balaban J connectivity index is 1.24. The van der Waals surface area contributed by atoms with Crippen LogP contribution in [0.2, 0.25) is 0 Å². The number of non-ortho nitro benzene ring substituents is 1. The van der Waals surface area contributed by atoms with Crippen molar-refractivity contribution in [3.8, 4) is 5.75 Å². The molecule has 0 aliphatic carbocycles. The second-order valence-corrected chi connectivity index (χ2v) is 10.9. The topological polar surface area (TPSA) is 117 Å². The number of nitro benzene ring substituents is 1. The number of benzene rings is 3. The molecule has 1 aliphatic heterocycles. The molecule has 0 bridgehead atoms. The van der Waals surface area contributed by atoms with Crippen molar-refractivity contribution in [1.82, 2.24) is 0 Å². The normalized spacial score (nSPS) is 13.8. The molecule has 3 aromatic rings. The lowest BCUT2D eigenvalue weighted by atomic mass is 10.1. The van der Waals surface area contributed by atoms with E-state index >= 15 is 0 Å². The van der Waals surface area contributed by atoms with Crippen LogP contribution in [0.4, 0.5) is 11.4 Å². The molecular formula is C34H36N2O8. The van der Waals surface area contributed by atoms with Crippen molar-refractivity contribution < 1.29 is 33.5 Å². The minimum absolute atomic E-state index is 0.0282. The second-order valence-electron chi connectivity index (χ2n) is 10.9. The summed E-state index contributed by atoms with van der Waals surface area (Å²) in [6, 6.07) is 21.4. The smallest absolute Gasteiger partial charge is 0.332 e. The zero-order valence-electron chi connectivity index (χ0n) is 25.1. The summed E-state index contributed by atoms with van der Waals surface area (Å²) in [5.41, 5.74) is 3.49. The Morgan fingerprint density at radius 2 is 1.59 bits per heavy atom. The molecule has 0 spiro atoms. The van der Waals surface area contributed by atoms with E-state index in [-0.39, 0.29) is 24.8 Å². The number of amides is 1. The first-order chi connectivity index (χ1) is 21.1. The molecule has 1 aliphatic rings. The van der Waals surface area contributed by atoms with Crippen LogP contribution in [-0.2, 0) is 30.3 Å². The zero-order chi connectivity index (χ0) is 31.5. The zero-order valence-corrected chi connectivity index (χ0v) is 25.1. The summed E-state index contributed by atoms with van der Waals surface area (Å²) >= 11 is 0. The van der Waals surface area contributed by atoms with Gasteiger partial charge in [0.1, 0.15) is 24.6 Å². The maximum absolute atomic E-state index is 13.4. The van der Waals surface area contributed by atoms with Crippen molar-refractivity contribution in [2.24, 2.45) is 0 Å². The van der Waals surface area contributed by atoms with E-state index in [1.54, 1.807) is 56.0 Å². The third-order valence-electron chi connectivity index (χ3n) is 6.39. The quantitative estimate of drug-likeness (QED) is 0.0728. The number of hydrogen-bond acceptors (Lipinski definition) is 8. The Hall–Kier alpha value is -4.80. The maximum Gasteiger partial charge on any atom is 0.332 e. The molecule has 0 fully saturated rings. The maximum atomic E-state index is 13.4. The lowest BCUT2D eigenvalue weighted by molar-refractivity contribution is -0.384. The van der Waals surface area contributed by atoms with Crippen LogP contribution in [-0.4, -0.2) is 55.4 Å². The summed E-state index contributed by atoms with van der Waals surface area (Å²) in [5.74, 6) is 0.171. The van der Waals surface area contributed by atoms with Gasteiger partial charge in [0.05, 0.1) is 37.0 Å². The summed E-state index contributed by atoms with van der Waals surface area (Å²) in [4.78, 5) is 37.2. The molecule has 1 amide bonds. The molecule has 10 nitrogen and oxygen atoms in total. The first kappa shape index (κ1) is 32.1. The van der Waals surface area contributed by atoms with Gasteiger partial charge in [0.2, 0.25) is 0 Å². The number of rotatable bonds is 14. The number of esters is 1. The van der Waals surface area contributed by atoms with Crippen LogP contribution in [0.1, 0.15) is 37.5 Å². The van der Waals surface area contributed by atoms with E-state index in [1.807, 2.05) is 48.5 Å². The molecule has 44 heavy (non-hydrogen) atoms. The third-order valence-corrected chi connectivity index (χ3v) is 6.39. The summed E-state index contributed by atoms with van der Waals surface area (Å²) in [7, 11) is 0. The van der Waals surface area contributed by atoms with Gasteiger partial charge in [0.15, 0.2) is 0 Å². The van der Waals surface area contributed by atoms with Crippen LogP contribution in [0.5, 0.6) is 5.75 Å². The van der Waals surface area contributed by atoms with Gasteiger partial charge in [-0.25, -0.2) is 4.79 Å². The van der Waals surface area contributed by atoms with E-state index in [1.165, 1.54) is 12.1 Å². The fourth-order valence-corrected chi connectivity index (χ4v) is 4.43.